The van der Waals surface area contributed by atoms with Gasteiger partial charge in [-0.05, 0) is 30.5 Å². The molecule has 1 atom stereocenters. The summed E-state index contributed by atoms with van der Waals surface area (Å²) in [5, 5.41) is 1.79. The standard InChI is InChI=1S/C13H18ClNOS/c14-11-3-1-2-10(8-11)13(9-15)17-12-4-6-16-7-5-12/h1-3,8,12-13H,4-7,9,15H2. The summed E-state index contributed by atoms with van der Waals surface area (Å²) in [6.45, 7) is 2.41. The number of halogens is 1. The molecule has 1 aromatic carbocycles. The van der Waals surface area contributed by atoms with Gasteiger partial charge in [-0.15, -0.1) is 11.8 Å². The molecule has 0 saturated carbocycles. The van der Waals surface area contributed by atoms with Crippen molar-refractivity contribution in [1.82, 2.24) is 0 Å². The Morgan fingerprint density at radius 2 is 2.18 bits per heavy atom. The molecule has 1 heterocycles. The van der Waals surface area contributed by atoms with Crippen LogP contribution in [0.5, 0.6) is 0 Å². The predicted octanol–water partition coefficient (Wildman–Crippen LogP) is 3.25. The molecular weight excluding hydrogens is 254 g/mol. The zero-order chi connectivity index (χ0) is 12.1. The first-order chi connectivity index (χ1) is 8.29. The van der Waals surface area contributed by atoms with Crippen LogP contribution in [0.4, 0.5) is 0 Å². The van der Waals surface area contributed by atoms with Gasteiger partial charge in [-0.25, -0.2) is 0 Å². The molecule has 17 heavy (non-hydrogen) atoms. The van der Waals surface area contributed by atoms with Gasteiger partial charge in [0.05, 0.1) is 0 Å². The maximum Gasteiger partial charge on any atom is 0.0476 e. The van der Waals surface area contributed by atoms with Gasteiger partial charge in [0.1, 0.15) is 0 Å². The zero-order valence-electron chi connectivity index (χ0n) is 9.77. The van der Waals surface area contributed by atoms with E-state index < -0.39 is 0 Å². The summed E-state index contributed by atoms with van der Waals surface area (Å²) in [6, 6.07) is 8.02. The fourth-order valence-electron chi connectivity index (χ4n) is 2.02. The third-order valence-corrected chi connectivity index (χ3v) is 4.84. The Labute approximate surface area is 112 Å². The highest BCUT2D eigenvalue weighted by Gasteiger charge is 2.20. The van der Waals surface area contributed by atoms with Crippen molar-refractivity contribution in [3.63, 3.8) is 0 Å². The van der Waals surface area contributed by atoms with Crippen molar-refractivity contribution in [2.45, 2.75) is 23.3 Å². The van der Waals surface area contributed by atoms with E-state index in [-0.39, 0.29) is 0 Å². The molecule has 2 rings (SSSR count). The van der Waals surface area contributed by atoms with Crippen molar-refractivity contribution in [3.05, 3.63) is 34.9 Å². The summed E-state index contributed by atoms with van der Waals surface area (Å²) in [5.41, 5.74) is 7.11. The molecule has 0 bridgehead atoms. The van der Waals surface area contributed by atoms with Crippen LogP contribution in [0.3, 0.4) is 0 Å². The highest BCUT2D eigenvalue weighted by atomic mass is 35.5. The van der Waals surface area contributed by atoms with Crippen LogP contribution >= 0.6 is 23.4 Å². The number of benzene rings is 1. The lowest BCUT2D eigenvalue weighted by Crippen LogP contribution is -2.21. The lowest BCUT2D eigenvalue weighted by molar-refractivity contribution is 0.0999. The average Bonchev–Trinajstić information content (AvgIpc) is 2.37. The van der Waals surface area contributed by atoms with E-state index >= 15 is 0 Å². The Bertz CT molecular complexity index is 355. The third-order valence-electron chi connectivity index (χ3n) is 2.96. The molecule has 1 saturated heterocycles. The Kier molecular flexibility index (Phi) is 5.16. The van der Waals surface area contributed by atoms with Gasteiger partial charge in [0, 0.05) is 35.3 Å². The first kappa shape index (κ1) is 13.2. The van der Waals surface area contributed by atoms with E-state index in [4.69, 9.17) is 22.1 Å². The monoisotopic (exact) mass is 271 g/mol. The Balaban J connectivity index is 2.00. The second-order valence-electron chi connectivity index (χ2n) is 4.23. The largest absolute Gasteiger partial charge is 0.381 e. The Morgan fingerprint density at radius 3 is 2.82 bits per heavy atom. The second kappa shape index (κ2) is 6.64. The van der Waals surface area contributed by atoms with Crippen LogP contribution in [0, 0.1) is 0 Å². The average molecular weight is 272 g/mol. The van der Waals surface area contributed by atoms with Crippen molar-refractivity contribution in [1.29, 1.82) is 0 Å². The lowest BCUT2D eigenvalue weighted by Gasteiger charge is -2.26. The van der Waals surface area contributed by atoms with E-state index in [0.717, 1.165) is 31.1 Å². The molecule has 1 fully saturated rings. The fraction of sp³-hybridized carbons (Fsp3) is 0.538. The number of nitrogens with two attached hydrogens (primary N) is 1. The van der Waals surface area contributed by atoms with Crippen molar-refractivity contribution in [2.24, 2.45) is 5.73 Å². The molecule has 1 aliphatic rings. The molecule has 4 heteroatoms. The smallest absolute Gasteiger partial charge is 0.0476 e. The molecular formula is C13H18ClNOS. The molecule has 1 aliphatic heterocycles. The Morgan fingerprint density at radius 1 is 1.41 bits per heavy atom. The van der Waals surface area contributed by atoms with Gasteiger partial charge in [-0.3, -0.25) is 0 Å². The molecule has 0 spiro atoms. The first-order valence-corrected chi connectivity index (χ1v) is 7.30. The summed E-state index contributed by atoms with van der Waals surface area (Å²) >= 11 is 7.98. The van der Waals surface area contributed by atoms with E-state index in [2.05, 4.69) is 6.07 Å². The topological polar surface area (TPSA) is 35.2 Å². The van der Waals surface area contributed by atoms with E-state index in [1.165, 1.54) is 5.56 Å². The predicted molar refractivity (Wildman–Crippen MR) is 74.7 cm³/mol. The molecule has 2 N–H and O–H groups in total. The molecule has 1 aromatic rings. The third kappa shape index (κ3) is 3.88. The minimum Gasteiger partial charge on any atom is -0.381 e. The van der Waals surface area contributed by atoms with Crippen molar-refractivity contribution in [3.8, 4) is 0 Å². The summed E-state index contributed by atoms with van der Waals surface area (Å²) in [6.07, 6.45) is 2.25. The highest BCUT2D eigenvalue weighted by Crippen LogP contribution is 2.36. The summed E-state index contributed by atoms with van der Waals surface area (Å²) < 4.78 is 5.37. The summed E-state index contributed by atoms with van der Waals surface area (Å²) in [5.74, 6) is 0. The van der Waals surface area contributed by atoms with Crippen LogP contribution in [-0.4, -0.2) is 25.0 Å². The molecule has 0 aromatic heterocycles. The summed E-state index contributed by atoms with van der Waals surface area (Å²) in [4.78, 5) is 0. The summed E-state index contributed by atoms with van der Waals surface area (Å²) in [7, 11) is 0. The Hall–Kier alpha value is -0.220. The molecule has 94 valence electrons. The van der Waals surface area contributed by atoms with Crippen LogP contribution < -0.4 is 5.73 Å². The first-order valence-electron chi connectivity index (χ1n) is 5.98. The maximum absolute atomic E-state index is 6.02. The second-order valence-corrected chi connectivity index (χ2v) is 6.17. The van der Waals surface area contributed by atoms with Crippen LogP contribution in [0.15, 0.2) is 24.3 Å². The van der Waals surface area contributed by atoms with Crippen molar-refractivity contribution in [2.75, 3.05) is 19.8 Å². The SMILES string of the molecule is NCC(SC1CCOCC1)c1cccc(Cl)c1. The van der Waals surface area contributed by atoms with Gasteiger partial charge in [-0.2, -0.15) is 0 Å². The number of ether oxygens (including phenoxy) is 1. The molecule has 0 amide bonds. The van der Waals surface area contributed by atoms with Crippen LogP contribution in [0.25, 0.3) is 0 Å². The van der Waals surface area contributed by atoms with E-state index in [9.17, 15) is 0 Å². The normalized spacial score (nSPS) is 19.2. The van der Waals surface area contributed by atoms with Crippen molar-refractivity contribution < 1.29 is 4.74 Å². The number of hydrogen-bond donors (Lipinski definition) is 1. The highest BCUT2D eigenvalue weighted by molar-refractivity contribution is 8.00. The lowest BCUT2D eigenvalue weighted by atomic mass is 10.1. The van der Waals surface area contributed by atoms with Gasteiger partial charge in [-0.1, -0.05) is 23.7 Å². The van der Waals surface area contributed by atoms with Crippen LogP contribution in [-0.2, 0) is 4.74 Å². The van der Waals surface area contributed by atoms with Gasteiger partial charge < -0.3 is 10.5 Å². The van der Waals surface area contributed by atoms with E-state index in [1.54, 1.807) is 0 Å². The molecule has 0 radical (unpaired) electrons. The van der Waals surface area contributed by atoms with Crippen LogP contribution in [0.2, 0.25) is 5.02 Å². The molecule has 2 nitrogen and oxygen atoms in total. The zero-order valence-corrected chi connectivity index (χ0v) is 11.3. The van der Waals surface area contributed by atoms with Gasteiger partial charge >= 0.3 is 0 Å². The van der Waals surface area contributed by atoms with Crippen LogP contribution in [0.1, 0.15) is 23.7 Å². The van der Waals surface area contributed by atoms with E-state index in [0.29, 0.717) is 17.0 Å². The van der Waals surface area contributed by atoms with Crippen molar-refractivity contribution >= 4 is 23.4 Å². The maximum atomic E-state index is 6.02. The number of thioether (sulfide) groups is 1. The minimum absolute atomic E-state index is 0.344. The molecule has 0 aliphatic carbocycles. The molecule has 1 unspecified atom stereocenters. The van der Waals surface area contributed by atoms with E-state index in [1.807, 2.05) is 30.0 Å². The number of hydrogen-bond acceptors (Lipinski definition) is 3. The van der Waals surface area contributed by atoms with Gasteiger partial charge in [0.15, 0.2) is 0 Å². The quantitative estimate of drug-likeness (QED) is 0.913. The van der Waals surface area contributed by atoms with Gasteiger partial charge in [0.2, 0.25) is 0 Å². The fourth-order valence-corrected chi connectivity index (χ4v) is 3.56. The van der Waals surface area contributed by atoms with Gasteiger partial charge in [0.25, 0.3) is 0 Å². The number of rotatable bonds is 4. The minimum atomic E-state index is 0.344.